The first-order chi connectivity index (χ1) is 9.45. The van der Waals surface area contributed by atoms with E-state index in [0.717, 1.165) is 30.1 Å². The number of halogens is 1. The van der Waals surface area contributed by atoms with Gasteiger partial charge in [0.05, 0.1) is 0 Å². The maximum absolute atomic E-state index is 10.7. The summed E-state index contributed by atoms with van der Waals surface area (Å²) in [5.74, 6) is -0.218. The molecule has 0 rings (SSSR count). The van der Waals surface area contributed by atoms with Crippen LogP contribution in [0.3, 0.4) is 0 Å². The van der Waals surface area contributed by atoms with Crippen LogP contribution in [-0.4, -0.2) is 17.0 Å². The van der Waals surface area contributed by atoms with Crippen LogP contribution in [0.5, 0.6) is 0 Å². The van der Waals surface area contributed by atoms with E-state index in [1.54, 1.807) is 0 Å². The van der Waals surface area contributed by atoms with E-state index in [1.165, 1.54) is 23.6 Å². The lowest BCUT2D eigenvalue weighted by atomic mass is 10.1. The zero-order valence-electron chi connectivity index (χ0n) is 13.2. The zero-order valence-corrected chi connectivity index (χ0v) is 15.3. The Hall–Kier alpha value is -0.580. The molecule has 0 fully saturated rings. The number of rotatable bonds is 9. The first-order valence-corrected chi connectivity index (χ1v) is 8.64. The Balaban J connectivity index is 4.04. The van der Waals surface area contributed by atoms with E-state index in [2.05, 4.69) is 55.5 Å². The molecule has 2 nitrogen and oxygen atoms in total. The van der Waals surface area contributed by atoms with Gasteiger partial charge in [-0.2, -0.15) is 0 Å². The summed E-state index contributed by atoms with van der Waals surface area (Å²) in [7, 11) is 0. The van der Waals surface area contributed by atoms with Crippen LogP contribution in [0.2, 0.25) is 0 Å². The Labute approximate surface area is 137 Å². The minimum absolute atomic E-state index is 0.218. The van der Waals surface area contributed by atoms with Gasteiger partial charge in [0.1, 0.15) is 6.61 Å². The molecular weight excluding hydrogens is 363 g/mol. The van der Waals surface area contributed by atoms with E-state index in [1.807, 2.05) is 6.08 Å². The average Bonchev–Trinajstić information content (AvgIpc) is 2.36. The van der Waals surface area contributed by atoms with E-state index in [0.29, 0.717) is 6.61 Å². The average molecular weight is 390 g/mol. The smallest absolute Gasteiger partial charge is 0.302 e. The summed E-state index contributed by atoms with van der Waals surface area (Å²) in [5, 5.41) is 0. The fourth-order valence-corrected chi connectivity index (χ4v) is 2.39. The summed E-state index contributed by atoms with van der Waals surface area (Å²) in [6.45, 7) is 8.32. The third kappa shape index (κ3) is 12.5. The molecule has 0 aromatic rings. The molecule has 0 aliphatic rings. The third-order valence-corrected chi connectivity index (χ3v) is 3.86. The number of ether oxygens (including phenoxy) is 1. The van der Waals surface area contributed by atoms with Crippen molar-refractivity contribution in [3.05, 3.63) is 34.9 Å². The van der Waals surface area contributed by atoms with Crippen molar-refractivity contribution in [1.29, 1.82) is 0 Å². The van der Waals surface area contributed by atoms with Crippen LogP contribution in [0.25, 0.3) is 0 Å². The Morgan fingerprint density at radius 2 is 1.65 bits per heavy atom. The molecule has 0 bridgehead atoms. The first-order valence-electron chi connectivity index (χ1n) is 7.12. The predicted octanol–water partition coefficient (Wildman–Crippen LogP) is 5.38. The van der Waals surface area contributed by atoms with Crippen molar-refractivity contribution in [2.24, 2.45) is 0 Å². The zero-order chi connectivity index (χ0) is 15.4. The predicted molar refractivity (Wildman–Crippen MR) is 95.3 cm³/mol. The normalized spacial score (nSPS) is 12.2. The lowest BCUT2D eigenvalue weighted by Gasteiger charge is -2.04. The minimum Gasteiger partial charge on any atom is -0.462 e. The second-order valence-corrected chi connectivity index (χ2v) is 5.97. The minimum atomic E-state index is -0.218. The van der Waals surface area contributed by atoms with E-state index < -0.39 is 0 Å². The highest BCUT2D eigenvalue weighted by Gasteiger charge is 1.96. The molecule has 0 aliphatic carbocycles. The second kappa shape index (κ2) is 12.2. The van der Waals surface area contributed by atoms with Crippen LogP contribution in [0.1, 0.15) is 53.4 Å². The molecule has 0 saturated heterocycles. The van der Waals surface area contributed by atoms with Gasteiger partial charge in [0.2, 0.25) is 0 Å². The summed E-state index contributed by atoms with van der Waals surface area (Å²) in [4.78, 5) is 10.7. The summed E-state index contributed by atoms with van der Waals surface area (Å²) in [6, 6.07) is 0. The maximum Gasteiger partial charge on any atom is 0.302 e. The summed E-state index contributed by atoms with van der Waals surface area (Å²) in [5.41, 5.74) is 4.19. The van der Waals surface area contributed by atoms with Gasteiger partial charge in [-0.1, -0.05) is 51.5 Å². The Morgan fingerprint density at radius 1 is 1.00 bits per heavy atom. The van der Waals surface area contributed by atoms with Crippen molar-refractivity contribution >= 4 is 28.6 Å². The number of hydrogen-bond donors (Lipinski definition) is 0. The van der Waals surface area contributed by atoms with Gasteiger partial charge < -0.3 is 4.74 Å². The number of carbonyl (C=O) groups excluding carboxylic acids is 1. The molecule has 0 aliphatic heterocycles. The lowest BCUT2D eigenvalue weighted by Crippen LogP contribution is -1.99. The highest BCUT2D eigenvalue weighted by Crippen LogP contribution is 2.13. The summed E-state index contributed by atoms with van der Waals surface area (Å²) >= 11 is 2.36. The number of carbonyl (C=O) groups is 1. The van der Waals surface area contributed by atoms with Crippen LogP contribution < -0.4 is 0 Å². The molecular formula is C17H27IO2. The van der Waals surface area contributed by atoms with E-state index >= 15 is 0 Å². The summed E-state index contributed by atoms with van der Waals surface area (Å²) in [6.07, 6.45) is 11.0. The molecule has 0 heterocycles. The standard InChI is InChI=1S/C17H27IO2/c1-14(2)7-5-8-15(3)9-6-10-17(13-18)11-12-20-16(4)19/h7,9,11H,5-6,8,10,12-13H2,1-4H3/b15-9+,17-11+. The number of allylic oxidation sites excluding steroid dienone is 5. The number of hydrogen-bond acceptors (Lipinski definition) is 2. The van der Waals surface area contributed by atoms with Crippen LogP contribution in [0.4, 0.5) is 0 Å². The second-order valence-electron chi connectivity index (χ2n) is 5.21. The largest absolute Gasteiger partial charge is 0.462 e. The summed E-state index contributed by atoms with van der Waals surface area (Å²) < 4.78 is 5.93. The molecule has 3 heteroatoms. The van der Waals surface area contributed by atoms with Crippen LogP contribution >= 0.6 is 22.6 Å². The molecule has 0 radical (unpaired) electrons. The van der Waals surface area contributed by atoms with Gasteiger partial charge in [-0.3, -0.25) is 4.79 Å². The molecule has 0 N–H and O–H groups in total. The molecule has 0 spiro atoms. The van der Waals surface area contributed by atoms with E-state index in [-0.39, 0.29) is 5.97 Å². The fraction of sp³-hybridized carbons (Fsp3) is 0.588. The van der Waals surface area contributed by atoms with Gasteiger partial charge in [0.15, 0.2) is 0 Å². The Bertz CT molecular complexity index is 374. The quantitative estimate of drug-likeness (QED) is 0.229. The molecule has 20 heavy (non-hydrogen) atoms. The number of esters is 1. The van der Waals surface area contributed by atoms with Gasteiger partial charge >= 0.3 is 5.97 Å². The van der Waals surface area contributed by atoms with Gasteiger partial charge in [-0.15, -0.1) is 0 Å². The molecule has 0 amide bonds. The van der Waals surface area contributed by atoms with E-state index in [4.69, 9.17) is 4.74 Å². The Morgan fingerprint density at radius 3 is 2.20 bits per heavy atom. The van der Waals surface area contributed by atoms with Gasteiger partial charge in [0.25, 0.3) is 0 Å². The van der Waals surface area contributed by atoms with Crippen molar-refractivity contribution in [2.45, 2.75) is 53.4 Å². The van der Waals surface area contributed by atoms with Crippen molar-refractivity contribution in [3.8, 4) is 0 Å². The third-order valence-electron chi connectivity index (χ3n) is 2.88. The Kier molecular flexibility index (Phi) is 11.8. The van der Waals surface area contributed by atoms with Crippen molar-refractivity contribution < 1.29 is 9.53 Å². The molecule has 0 aromatic carbocycles. The molecule has 0 saturated carbocycles. The van der Waals surface area contributed by atoms with Crippen LogP contribution in [-0.2, 0) is 9.53 Å². The van der Waals surface area contributed by atoms with E-state index in [9.17, 15) is 4.79 Å². The van der Waals surface area contributed by atoms with Crippen molar-refractivity contribution in [1.82, 2.24) is 0 Å². The van der Waals surface area contributed by atoms with Crippen molar-refractivity contribution in [3.63, 3.8) is 0 Å². The highest BCUT2D eigenvalue weighted by molar-refractivity contribution is 14.1. The van der Waals surface area contributed by atoms with Gasteiger partial charge in [-0.25, -0.2) is 0 Å². The maximum atomic E-state index is 10.7. The highest BCUT2D eigenvalue weighted by atomic mass is 127. The topological polar surface area (TPSA) is 26.3 Å². The molecule has 114 valence electrons. The van der Waals surface area contributed by atoms with Crippen LogP contribution in [0, 0.1) is 0 Å². The molecule has 0 aromatic heterocycles. The lowest BCUT2D eigenvalue weighted by molar-refractivity contribution is -0.139. The van der Waals surface area contributed by atoms with Gasteiger partial charge in [-0.05, 0) is 52.5 Å². The SMILES string of the molecule is CC(=O)OC/C=C(/CI)CC/C=C(\C)CCC=C(C)C. The van der Waals surface area contributed by atoms with Crippen molar-refractivity contribution in [2.75, 3.05) is 11.0 Å². The fourth-order valence-electron chi connectivity index (χ4n) is 1.69. The first kappa shape index (κ1) is 19.4. The molecule has 0 atom stereocenters. The molecule has 0 unspecified atom stereocenters. The monoisotopic (exact) mass is 390 g/mol. The van der Waals surface area contributed by atoms with Gasteiger partial charge in [0, 0.05) is 11.4 Å². The number of alkyl halides is 1. The van der Waals surface area contributed by atoms with Crippen LogP contribution in [0.15, 0.2) is 34.9 Å².